The number of hydrogen-bond donors (Lipinski definition) is 0. The largest absolute Gasteiger partial charge is 0.456 e. The minimum atomic E-state index is 0.572. The second-order valence-corrected chi connectivity index (χ2v) is 11.8. The highest BCUT2D eigenvalue weighted by atomic mass is 35.5. The predicted octanol–water partition coefficient (Wildman–Crippen LogP) is 11.4. The molecule has 7 aromatic carbocycles. The van der Waals surface area contributed by atoms with Gasteiger partial charge in [-0.25, -0.2) is 15.0 Å². The first-order valence-electron chi connectivity index (χ1n) is 15.1. The van der Waals surface area contributed by atoms with Gasteiger partial charge >= 0.3 is 0 Å². The van der Waals surface area contributed by atoms with Gasteiger partial charge in [0.1, 0.15) is 11.2 Å². The minimum Gasteiger partial charge on any atom is -0.456 e. The van der Waals surface area contributed by atoms with Crippen molar-refractivity contribution in [1.29, 1.82) is 0 Å². The Labute approximate surface area is 269 Å². The number of furan rings is 1. The van der Waals surface area contributed by atoms with Gasteiger partial charge in [0.15, 0.2) is 17.5 Å². The lowest BCUT2D eigenvalue weighted by molar-refractivity contribution is 0.669. The van der Waals surface area contributed by atoms with Crippen molar-refractivity contribution in [2.24, 2.45) is 0 Å². The molecule has 0 aliphatic rings. The van der Waals surface area contributed by atoms with Crippen LogP contribution in [0.4, 0.5) is 0 Å². The number of halogens is 1. The fourth-order valence-electron chi connectivity index (χ4n) is 6.32. The van der Waals surface area contributed by atoms with Gasteiger partial charge < -0.3 is 4.42 Å². The van der Waals surface area contributed by atoms with E-state index in [4.69, 9.17) is 31.0 Å². The zero-order valence-electron chi connectivity index (χ0n) is 24.5. The Hall–Kier alpha value is -5.84. The smallest absolute Gasteiger partial charge is 0.164 e. The average molecular weight is 610 g/mol. The van der Waals surface area contributed by atoms with E-state index in [9.17, 15) is 0 Å². The van der Waals surface area contributed by atoms with E-state index in [2.05, 4.69) is 78.9 Å². The molecule has 0 saturated heterocycles. The van der Waals surface area contributed by atoms with Crippen LogP contribution < -0.4 is 0 Å². The van der Waals surface area contributed by atoms with Crippen LogP contribution in [0.25, 0.3) is 88.8 Å². The molecule has 0 fully saturated rings. The normalized spacial score (nSPS) is 11.6. The van der Waals surface area contributed by atoms with Crippen molar-refractivity contribution >= 4 is 55.1 Å². The van der Waals surface area contributed by atoms with Crippen molar-refractivity contribution in [2.75, 3.05) is 0 Å². The van der Waals surface area contributed by atoms with Gasteiger partial charge in [-0.15, -0.1) is 0 Å². The van der Waals surface area contributed by atoms with E-state index in [0.717, 1.165) is 49.8 Å². The Morgan fingerprint density at radius 1 is 0.413 bits per heavy atom. The summed E-state index contributed by atoms with van der Waals surface area (Å²) in [5.41, 5.74) is 6.49. The molecule has 5 heteroatoms. The van der Waals surface area contributed by atoms with Gasteiger partial charge in [0.25, 0.3) is 0 Å². The lowest BCUT2D eigenvalue weighted by atomic mass is 9.97. The summed E-state index contributed by atoms with van der Waals surface area (Å²) < 4.78 is 6.18. The molecule has 0 N–H and O–H groups in total. The van der Waals surface area contributed by atoms with Crippen LogP contribution in [0, 0.1) is 0 Å². The van der Waals surface area contributed by atoms with Crippen molar-refractivity contribution in [3.05, 3.63) is 151 Å². The average Bonchev–Trinajstić information content (AvgIpc) is 3.49. The van der Waals surface area contributed by atoms with Crippen LogP contribution in [-0.2, 0) is 0 Å². The molecule has 2 heterocycles. The summed E-state index contributed by atoms with van der Waals surface area (Å²) in [6.07, 6.45) is 0. The Balaban J connectivity index is 1.18. The Kier molecular flexibility index (Phi) is 6.15. The number of hydrogen-bond acceptors (Lipinski definition) is 4. The lowest BCUT2D eigenvalue weighted by Gasteiger charge is -2.10. The number of fused-ring (bicyclic) bond motifs is 6. The Bertz CT molecular complexity index is 2590. The van der Waals surface area contributed by atoms with Crippen LogP contribution >= 0.6 is 11.6 Å². The van der Waals surface area contributed by atoms with E-state index < -0.39 is 0 Å². The molecule has 4 nitrogen and oxygen atoms in total. The molecule has 0 bridgehead atoms. The summed E-state index contributed by atoms with van der Waals surface area (Å²) in [6, 6.07) is 49.6. The molecular formula is C41H24ClN3O. The van der Waals surface area contributed by atoms with Crippen LogP contribution in [0.3, 0.4) is 0 Å². The lowest BCUT2D eigenvalue weighted by Crippen LogP contribution is -2.00. The summed E-state index contributed by atoms with van der Waals surface area (Å²) in [6.45, 7) is 0. The van der Waals surface area contributed by atoms with Gasteiger partial charge in [0.05, 0.1) is 0 Å². The monoisotopic (exact) mass is 609 g/mol. The molecule has 216 valence electrons. The predicted molar refractivity (Wildman–Crippen MR) is 189 cm³/mol. The van der Waals surface area contributed by atoms with Crippen molar-refractivity contribution in [3.8, 4) is 45.3 Å². The van der Waals surface area contributed by atoms with Crippen molar-refractivity contribution in [3.63, 3.8) is 0 Å². The first-order valence-corrected chi connectivity index (χ1v) is 15.5. The molecule has 9 rings (SSSR count). The maximum atomic E-state index is 6.41. The third-order valence-corrected chi connectivity index (χ3v) is 8.82. The molecule has 0 unspecified atom stereocenters. The van der Waals surface area contributed by atoms with Gasteiger partial charge in [-0.05, 0) is 63.0 Å². The fraction of sp³-hybridized carbons (Fsp3) is 0. The SMILES string of the molecule is Clc1ccc2oc3cccc(-c4nc(-c5ccccc5)nc(-c5ccc(-c6ccc7ccc8ccccc8c7c6)cc5)n4)c3c2c1. The summed E-state index contributed by atoms with van der Waals surface area (Å²) in [4.78, 5) is 15.0. The van der Waals surface area contributed by atoms with Gasteiger partial charge in [-0.2, -0.15) is 0 Å². The molecule has 0 atom stereocenters. The molecule has 0 radical (unpaired) electrons. The number of benzene rings is 7. The van der Waals surface area contributed by atoms with Crippen LogP contribution in [0.15, 0.2) is 150 Å². The highest BCUT2D eigenvalue weighted by Gasteiger charge is 2.18. The molecule has 0 spiro atoms. The zero-order valence-corrected chi connectivity index (χ0v) is 25.2. The van der Waals surface area contributed by atoms with Crippen LogP contribution in [0.2, 0.25) is 5.02 Å². The Morgan fingerprint density at radius 2 is 1.07 bits per heavy atom. The van der Waals surface area contributed by atoms with E-state index >= 15 is 0 Å². The first-order chi connectivity index (χ1) is 22.7. The van der Waals surface area contributed by atoms with E-state index in [0.29, 0.717) is 22.5 Å². The molecule has 0 amide bonds. The molecule has 9 aromatic rings. The summed E-state index contributed by atoms with van der Waals surface area (Å²) >= 11 is 6.41. The summed E-state index contributed by atoms with van der Waals surface area (Å²) in [5.74, 6) is 1.78. The van der Waals surface area contributed by atoms with Gasteiger partial charge in [0.2, 0.25) is 0 Å². The third kappa shape index (κ3) is 4.50. The highest BCUT2D eigenvalue weighted by Crippen LogP contribution is 2.38. The van der Waals surface area contributed by atoms with Gasteiger partial charge in [-0.3, -0.25) is 0 Å². The third-order valence-electron chi connectivity index (χ3n) is 8.59. The van der Waals surface area contributed by atoms with Crippen LogP contribution in [-0.4, -0.2) is 15.0 Å². The van der Waals surface area contributed by atoms with E-state index in [1.165, 1.54) is 21.5 Å². The van der Waals surface area contributed by atoms with Crippen molar-refractivity contribution in [1.82, 2.24) is 15.0 Å². The maximum Gasteiger partial charge on any atom is 0.164 e. The van der Waals surface area contributed by atoms with E-state index in [1.807, 2.05) is 66.7 Å². The maximum absolute atomic E-state index is 6.41. The molecule has 0 aliphatic heterocycles. The Morgan fingerprint density at radius 3 is 1.89 bits per heavy atom. The molecule has 0 aliphatic carbocycles. The fourth-order valence-corrected chi connectivity index (χ4v) is 6.49. The van der Waals surface area contributed by atoms with Gasteiger partial charge in [0, 0.05) is 32.5 Å². The number of nitrogens with zero attached hydrogens (tertiary/aromatic N) is 3. The number of aromatic nitrogens is 3. The molecule has 2 aromatic heterocycles. The zero-order chi connectivity index (χ0) is 30.6. The first kappa shape index (κ1) is 26.6. The second-order valence-electron chi connectivity index (χ2n) is 11.4. The van der Waals surface area contributed by atoms with Crippen LogP contribution in [0.1, 0.15) is 0 Å². The second kappa shape index (κ2) is 10.7. The van der Waals surface area contributed by atoms with E-state index in [-0.39, 0.29) is 0 Å². The topological polar surface area (TPSA) is 51.8 Å². The van der Waals surface area contributed by atoms with Crippen LogP contribution in [0.5, 0.6) is 0 Å². The van der Waals surface area contributed by atoms with Gasteiger partial charge in [-0.1, -0.05) is 127 Å². The standard InChI is InChI=1S/C41H24ClN3O/c42-31-21-22-36-35(24-31)38-33(11-6-12-37(38)46-36)41-44-39(28-8-2-1-3-9-28)43-40(45-41)29-18-13-25(14-19-29)30-20-17-27-16-15-26-7-4-5-10-32(26)34(27)23-30/h1-24H. The summed E-state index contributed by atoms with van der Waals surface area (Å²) in [5, 5.41) is 7.47. The quantitative estimate of drug-likeness (QED) is 0.186. The summed E-state index contributed by atoms with van der Waals surface area (Å²) in [7, 11) is 0. The highest BCUT2D eigenvalue weighted by molar-refractivity contribution is 6.32. The molecule has 46 heavy (non-hydrogen) atoms. The van der Waals surface area contributed by atoms with E-state index in [1.54, 1.807) is 0 Å². The van der Waals surface area contributed by atoms with Crippen molar-refractivity contribution in [2.45, 2.75) is 0 Å². The molecular weight excluding hydrogens is 586 g/mol. The minimum absolute atomic E-state index is 0.572. The van der Waals surface area contributed by atoms with Crippen molar-refractivity contribution < 1.29 is 4.42 Å². The number of rotatable bonds is 4. The molecule has 0 saturated carbocycles.